The minimum atomic E-state index is -0.906. The van der Waals surface area contributed by atoms with E-state index in [0.29, 0.717) is 84.3 Å². The Hall–Kier alpha value is -9.11. The number of nitrogens with one attached hydrogen (secondary N) is 4. The number of amides is 3. The fraction of sp³-hybridized carbons (Fsp3) is 0.530. The number of aliphatic hydroxyl groups is 2. The summed E-state index contributed by atoms with van der Waals surface area (Å²) in [5.41, 5.74) is 32.9. The van der Waals surface area contributed by atoms with E-state index in [1.54, 1.807) is 42.1 Å². The van der Waals surface area contributed by atoms with E-state index in [-0.39, 0.29) is 126 Å². The molecule has 9 aliphatic heterocycles. The van der Waals surface area contributed by atoms with E-state index >= 15 is 0 Å². The average molecular weight is 1550 g/mol. The van der Waals surface area contributed by atoms with Crippen molar-refractivity contribution < 1.29 is 83.7 Å². The van der Waals surface area contributed by atoms with Gasteiger partial charge >= 0.3 is 0 Å². The summed E-state index contributed by atoms with van der Waals surface area (Å²) in [7, 11) is 13.4. The Morgan fingerprint density at radius 2 is 0.723 bits per heavy atom. The summed E-state index contributed by atoms with van der Waals surface area (Å²) >= 11 is 0. The van der Waals surface area contributed by atoms with Crippen LogP contribution in [-0.2, 0) is 52.9 Å². The molecule has 6 aromatic rings. The SMILES string of the molecule is COc1c(C)cc2c(c1O)C1C3Cc4cc(C)c(OC)c(O)c4C(CNC(=O)C(C)N)N3C(O)C(C2)N1C.COc1c(C)cc2c(c1O)C1C3Cc4cc(C)c(OC)c(O)c4C(CNC(=O)C(C)N)N3CC(C2)N1C.COc1c(C)cc2c(c1O)C1NC(C2)C(O)N2C(CNC(=O)C(C)N)c3c(cc(C)c(OC)c3O)CC12. The number of phenolic OH excluding ortho intramolecular Hbond substituents is 6. The van der Waals surface area contributed by atoms with Gasteiger partial charge in [-0.1, -0.05) is 36.4 Å². The van der Waals surface area contributed by atoms with Crippen LogP contribution in [0.2, 0.25) is 0 Å². The van der Waals surface area contributed by atoms with Crippen molar-refractivity contribution in [3.8, 4) is 69.0 Å². The highest BCUT2D eigenvalue weighted by atomic mass is 16.5. The topological polar surface area (TPSA) is 411 Å². The van der Waals surface area contributed by atoms with Crippen LogP contribution >= 0.6 is 0 Å². The van der Waals surface area contributed by atoms with Crippen molar-refractivity contribution in [3.63, 3.8) is 0 Å². The number of likely N-dealkylation sites (N-methyl/N-ethyl adjacent to an activating group) is 2. The van der Waals surface area contributed by atoms with Crippen LogP contribution in [0.4, 0.5) is 0 Å². The Kier molecular flexibility index (Phi) is 22.6. The maximum atomic E-state index is 12.5. The lowest BCUT2D eigenvalue weighted by molar-refractivity contribution is -0.172. The Balaban J connectivity index is 0.000000147. The summed E-state index contributed by atoms with van der Waals surface area (Å²) in [5.74, 6) is 2.29. The number of nitrogens with zero attached hydrogens (tertiary/aromatic N) is 5. The molecule has 112 heavy (non-hydrogen) atoms. The van der Waals surface area contributed by atoms with Crippen LogP contribution < -0.4 is 66.9 Å². The van der Waals surface area contributed by atoms with Crippen molar-refractivity contribution >= 4 is 17.7 Å². The zero-order valence-corrected chi connectivity index (χ0v) is 67.1. The molecule has 0 saturated carbocycles. The Morgan fingerprint density at radius 1 is 0.420 bits per heavy atom. The molecule has 606 valence electrons. The normalized spacial score (nSPS) is 26.5. The molecule has 18 N–H and O–H groups in total. The van der Waals surface area contributed by atoms with Crippen molar-refractivity contribution in [1.82, 2.24) is 45.8 Å². The quantitative estimate of drug-likeness (QED) is 0.0672. The van der Waals surface area contributed by atoms with E-state index in [9.17, 15) is 55.2 Å². The number of nitrogens with two attached hydrogens (primary N) is 3. The number of ether oxygens (including phenoxy) is 6. The number of aryl methyl sites for hydroxylation is 6. The number of aromatic hydroxyl groups is 6. The molecule has 0 aromatic heterocycles. The van der Waals surface area contributed by atoms with Gasteiger partial charge in [0.05, 0.1) is 109 Å². The number of phenols is 6. The average Bonchev–Trinajstić information content (AvgIpc) is 0.719. The van der Waals surface area contributed by atoms with Gasteiger partial charge in [-0.05, 0) is 182 Å². The zero-order valence-electron chi connectivity index (χ0n) is 67.1. The monoisotopic (exact) mass is 1550 g/mol. The van der Waals surface area contributed by atoms with Crippen LogP contribution in [0.3, 0.4) is 0 Å². The fourth-order valence-electron chi connectivity index (χ4n) is 20.4. The number of rotatable bonds is 15. The molecular formula is C83H112N12O17. The first kappa shape index (κ1) is 80.9. The van der Waals surface area contributed by atoms with E-state index in [4.69, 9.17) is 45.6 Å². The molecule has 17 atom stereocenters. The first-order chi connectivity index (χ1) is 53.2. The largest absolute Gasteiger partial charge is 0.504 e. The minimum absolute atomic E-state index is 0.00688. The molecule has 29 heteroatoms. The molecule has 3 fully saturated rings. The summed E-state index contributed by atoms with van der Waals surface area (Å²) < 4.78 is 33.2. The standard InChI is InChI=1S/C28H38N4O6.C28H38N4O5.C27H36N4O6/c1-12-7-15-9-17-22-21-16(8-13(2)26(38-6)24(21)34)10-18(31(22)4)28(36)32(17)19(11-30-27(35)14(3)29)20(15)23(33)25(12)37-5;1-13-7-16-9-18-12-32-19(23(31(18)4)22(16)25(34)27(13)37-6)10-17-8-14(2)26(36-5)24(33)21(17)20(32)11-30-28(35)15(3)29;1-11-6-14-8-16-27(35)31-17(21(30-16)20(14)23(33)25(11)37-5)9-15-7-12(2)24(36-4)22(32)19(15)18(31)10-29-26(34)13(3)28/h7-8,14,17-19,22,28,33-34,36H,9-11,29H2,1-6H3,(H,30,35);7-8,15,18-20,23,33-34H,9-12,29H2,1-6H3,(H,30,35);6-7,13,16-18,21,27,30,32-33,35H,8-10,28H2,1-5H3,(H,29,34). The van der Waals surface area contributed by atoms with Crippen molar-refractivity contribution in [1.29, 1.82) is 0 Å². The maximum Gasteiger partial charge on any atom is 0.236 e. The first-order valence-corrected chi connectivity index (χ1v) is 38.5. The number of piperazine rings is 3. The van der Waals surface area contributed by atoms with Gasteiger partial charge in [0.25, 0.3) is 0 Å². The van der Waals surface area contributed by atoms with Gasteiger partial charge in [-0.2, -0.15) is 0 Å². The van der Waals surface area contributed by atoms with Crippen molar-refractivity contribution in [2.45, 2.75) is 204 Å². The van der Waals surface area contributed by atoms with Gasteiger partial charge in [0.15, 0.2) is 69.0 Å². The van der Waals surface area contributed by atoms with Crippen LogP contribution in [0, 0.1) is 41.5 Å². The number of hydrogen-bond acceptors (Lipinski definition) is 26. The van der Waals surface area contributed by atoms with Gasteiger partial charge in [0.1, 0.15) is 12.5 Å². The summed E-state index contributed by atoms with van der Waals surface area (Å²) in [4.78, 5) is 48.3. The summed E-state index contributed by atoms with van der Waals surface area (Å²) in [6, 6.07) is 7.32. The Labute approximate surface area is 653 Å². The van der Waals surface area contributed by atoms with Crippen LogP contribution in [-0.4, -0.2) is 233 Å². The molecule has 6 bridgehead atoms. The molecule has 0 spiro atoms. The van der Waals surface area contributed by atoms with E-state index in [1.165, 1.54) is 21.3 Å². The van der Waals surface area contributed by atoms with Crippen LogP contribution in [0.25, 0.3) is 0 Å². The number of aliphatic hydroxyl groups excluding tert-OH is 2. The van der Waals surface area contributed by atoms with Crippen molar-refractivity contribution in [2.24, 2.45) is 17.2 Å². The number of methoxy groups -OCH3 is 6. The molecule has 3 saturated heterocycles. The molecule has 29 nitrogen and oxygen atoms in total. The second kappa shape index (κ2) is 31.3. The number of fused-ring (bicyclic) bond motifs is 21. The Morgan fingerprint density at radius 3 is 1.12 bits per heavy atom. The molecule has 17 unspecified atom stereocenters. The third kappa shape index (κ3) is 13.4. The summed E-state index contributed by atoms with van der Waals surface area (Å²) in [6.07, 6.45) is 1.72. The van der Waals surface area contributed by atoms with Crippen LogP contribution in [0.15, 0.2) is 36.4 Å². The lowest BCUT2D eigenvalue weighted by atomic mass is 9.73. The van der Waals surface area contributed by atoms with Gasteiger partial charge in [0.2, 0.25) is 17.7 Å². The third-order valence-electron chi connectivity index (χ3n) is 25.3. The fourth-order valence-corrected chi connectivity index (χ4v) is 20.4. The lowest BCUT2D eigenvalue weighted by Crippen LogP contribution is -2.69. The van der Waals surface area contributed by atoms with Crippen molar-refractivity contribution in [3.05, 3.63) is 137 Å². The van der Waals surface area contributed by atoms with Crippen molar-refractivity contribution in [2.75, 3.05) is 82.9 Å². The van der Waals surface area contributed by atoms with E-state index in [2.05, 4.69) is 55.1 Å². The molecule has 0 radical (unpaired) electrons. The highest BCUT2D eigenvalue weighted by molar-refractivity contribution is 5.82. The van der Waals surface area contributed by atoms with Gasteiger partial charge in [-0.3, -0.25) is 38.9 Å². The predicted molar refractivity (Wildman–Crippen MR) is 419 cm³/mol. The highest BCUT2D eigenvalue weighted by Crippen LogP contribution is 2.59. The summed E-state index contributed by atoms with van der Waals surface area (Å²) in [6.45, 7) is 17.7. The minimum Gasteiger partial charge on any atom is -0.504 e. The van der Waals surface area contributed by atoms with Gasteiger partial charge < -0.3 is 108 Å². The second-order valence-electron chi connectivity index (χ2n) is 32.1. The van der Waals surface area contributed by atoms with E-state index < -0.39 is 42.7 Å². The van der Waals surface area contributed by atoms with Gasteiger partial charge in [-0.15, -0.1) is 0 Å². The second-order valence-corrected chi connectivity index (χ2v) is 32.1. The zero-order chi connectivity index (χ0) is 81.1. The smallest absolute Gasteiger partial charge is 0.236 e. The number of carbonyl (C=O) groups excluding carboxylic acids is 3. The van der Waals surface area contributed by atoms with E-state index in [0.717, 1.165) is 102 Å². The van der Waals surface area contributed by atoms with E-state index in [1.807, 2.05) is 82.7 Å². The summed E-state index contributed by atoms with van der Waals surface area (Å²) in [5, 5.41) is 104. The molecule has 15 rings (SSSR count). The Bertz CT molecular complexity index is 4690. The first-order valence-electron chi connectivity index (χ1n) is 38.5. The molecular weight excluding hydrogens is 1440 g/mol. The lowest BCUT2D eigenvalue weighted by Gasteiger charge is -2.60. The van der Waals surface area contributed by atoms with Crippen LogP contribution in [0.5, 0.6) is 69.0 Å². The number of hydrogen-bond donors (Lipinski definition) is 15. The molecule has 0 aliphatic carbocycles. The maximum absolute atomic E-state index is 12.5. The number of benzene rings is 6. The van der Waals surface area contributed by atoms with Gasteiger partial charge in [0, 0.05) is 83.7 Å². The molecule has 6 aromatic carbocycles. The molecule has 9 aliphatic rings. The predicted octanol–water partition coefficient (Wildman–Crippen LogP) is 4.52. The molecule has 3 amide bonds. The third-order valence-corrected chi connectivity index (χ3v) is 25.3. The highest BCUT2D eigenvalue weighted by Gasteiger charge is 2.58. The molecule has 9 heterocycles. The van der Waals surface area contributed by atoms with Crippen LogP contribution in [0.1, 0.15) is 157 Å². The number of carbonyl (C=O) groups is 3. The van der Waals surface area contributed by atoms with Gasteiger partial charge in [-0.25, -0.2) is 0 Å².